The summed E-state index contributed by atoms with van der Waals surface area (Å²) in [5.74, 6) is -0.554. The topological polar surface area (TPSA) is 82.6 Å². The average Bonchev–Trinajstić information content (AvgIpc) is 2.67. The molecule has 26 heavy (non-hydrogen) atoms. The lowest BCUT2D eigenvalue weighted by Gasteiger charge is -2.29. The molecule has 6 nitrogen and oxygen atoms in total. The lowest BCUT2D eigenvalue weighted by atomic mass is 10.0. The van der Waals surface area contributed by atoms with Crippen LogP contribution in [-0.4, -0.2) is 36.3 Å². The van der Waals surface area contributed by atoms with E-state index in [-0.39, 0.29) is 5.56 Å². The van der Waals surface area contributed by atoms with Gasteiger partial charge in [-0.3, -0.25) is 4.79 Å². The fourth-order valence-corrected chi connectivity index (χ4v) is 3.49. The number of aromatic carboxylic acids is 1. The Morgan fingerprint density at radius 3 is 2.58 bits per heavy atom. The Bertz CT molecular complexity index is 867. The SMILES string of the molecule is CCc1cc(C(=O)O)c(=O)[nH]c1-c1ccc(N2CCCCC2)cc1OC. The number of carboxylic acid groups (broad SMARTS) is 1. The number of nitrogens with one attached hydrogen (secondary N) is 1. The Balaban J connectivity index is 2.07. The molecule has 2 heterocycles. The zero-order valence-corrected chi connectivity index (χ0v) is 15.2. The molecule has 1 aromatic carbocycles. The predicted octanol–water partition coefficient (Wildman–Crippen LogP) is 3.30. The van der Waals surface area contributed by atoms with Crippen molar-refractivity contribution in [3.63, 3.8) is 0 Å². The summed E-state index contributed by atoms with van der Waals surface area (Å²) < 4.78 is 5.58. The highest BCUT2D eigenvalue weighted by Gasteiger charge is 2.18. The number of aromatic amines is 1. The number of anilines is 1. The molecule has 2 aromatic rings. The van der Waals surface area contributed by atoms with E-state index in [2.05, 4.69) is 9.88 Å². The van der Waals surface area contributed by atoms with Crippen molar-refractivity contribution in [1.82, 2.24) is 4.98 Å². The number of carbonyl (C=O) groups is 1. The van der Waals surface area contributed by atoms with Crippen molar-refractivity contribution in [3.05, 3.63) is 45.7 Å². The number of piperidine rings is 1. The number of nitrogens with zero attached hydrogens (tertiary/aromatic N) is 1. The monoisotopic (exact) mass is 356 g/mol. The second-order valence-electron chi connectivity index (χ2n) is 6.50. The number of hydrogen-bond donors (Lipinski definition) is 2. The van der Waals surface area contributed by atoms with Crippen molar-refractivity contribution in [2.75, 3.05) is 25.1 Å². The summed E-state index contributed by atoms with van der Waals surface area (Å²) >= 11 is 0. The number of hydrogen-bond acceptors (Lipinski definition) is 4. The van der Waals surface area contributed by atoms with Crippen molar-refractivity contribution < 1.29 is 14.6 Å². The van der Waals surface area contributed by atoms with E-state index < -0.39 is 11.5 Å². The summed E-state index contributed by atoms with van der Waals surface area (Å²) in [4.78, 5) is 28.5. The summed E-state index contributed by atoms with van der Waals surface area (Å²) in [6.45, 7) is 4.00. The van der Waals surface area contributed by atoms with Gasteiger partial charge in [-0.2, -0.15) is 0 Å². The van der Waals surface area contributed by atoms with Crippen LogP contribution in [0.15, 0.2) is 29.1 Å². The molecule has 0 radical (unpaired) electrons. The smallest absolute Gasteiger partial charge is 0.341 e. The van der Waals surface area contributed by atoms with Crippen molar-refractivity contribution >= 4 is 11.7 Å². The number of benzene rings is 1. The molecule has 1 saturated heterocycles. The summed E-state index contributed by atoms with van der Waals surface area (Å²) in [6, 6.07) is 7.41. The van der Waals surface area contributed by atoms with Crippen LogP contribution in [0.25, 0.3) is 11.3 Å². The molecule has 3 rings (SSSR count). The molecule has 1 aliphatic rings. The summed E-state index contributed by atoms with van der Waals surface area (Å²) in [5.41, 5.74) is 2.41. The first-order chi connectivity index (χ1) is 12.5. The first-order valence-corrected chi connectivity index (χ1v) is 8.98. The standard InChI is InChI=1S/C20H24N2O4/c1-3-13-11-16(20(24)25)19(23)21-18(13)15-8-7-14(12-17(15)26-2)22-9-5-4-6-10-22/h7-8,11-12H,3-6,9-10H2,1-2H3,(H,21,23)(H,24,25). The fourth-order valence-electron chi connectivity index (χ4n) is 3.49. The Hall–Kier alpha value is -2.76. The third kappa shape index (κ3) is 3.45. The van der Waals surface area contributed by atoms with Gasteiger partial charge in [0.2, 0.25) is 0 Å². The fraction of sp³-hybridized carbons (Fsp3) is 0.400. The van der Waals surface area contributed by atoms with Crippen LogP contribution in [0.1, 0.15) is 42.1 Å². The number of ether oxygens (including phenoxy) is 1. The van der Waals surface area contributed by atoms with Crippen molar-refractivity contribution in [2.45, 2.75) is 32.6 Å². The molecular formula is C20H24N2O4. The van der Waals surface area contributed by atoms with E-state index in [1.165, 1.54) is 25.3 Å². The van der Waals surface area contributed by atoms with E-state index in [1.807, 2.05) is 25.1 Å². The first-order valence-electron chi connectivity index (χ1n) is 8.98. The largest absolute Gasteiger partial charge is 0.496 e. The minimum absolute atomic E-state index is 0.241. The van der Waals surface area contributed by atoms with Crippen LogP contribution in [0.3, 0.4) is 0 Å². The molecule has 0 atom stereocenters. The van der Waals surface area contributed by atoms with Gasteiger partial charge in [0.05, 0.1) is 12.8 Å². The van der Waals surface area contributed by atoms with E-state index in [0.717, 1.165) is 29.9 Å². The number of rotatable bonds is 5. The van der Waals surface area contributed by atoms with Crippen LogP contribution in [0, 0.1) is 0 Å². The van der Waals surface area contributed by atoms with Gasteiger partial charge in [-0.15, -0.1) is 0 Å². The van der Waals surface area contributed by atoms with Gasteiger partial charge in [0.25, 0.3) is 5.56 Å². The maximum Gasteiger partial charge on any atom is 0.341 e. The van der Waals surface area contributed by atoms with E-state index in [1.54, 1.807) is 7.11 Å². The van der Waals surface area contributed by atoms with Crippen molar-refractivity contribution in [2.24, 2.45) is 0 Å². The van der Waals surface area contributed by atoms with Gasteiger partial charge in [0.15, 0.2) is 0 Å². The molecule has 0 bridgehead atoms. The first kappa shape index (κ1) is 18.0. The lowest BCUT2D eigenvalue weighted by molar-refractivity contribution is 0.0695. The number of aromatic nitrogens is 1. The third-order valence-electron chi connectivity index (χ3n) is 4.91. The number of aryl methyl sites for hydroxylation is 1. The Kier molecular flexibility index (Phi) is 5.30. The molecule has 0 spiro atoms. The van der Waals surface area contributed by atoms with Crippen LogP contribution in [0.2, 0.25) is 0 Å². The average molecular weight is 356 g/mol. The summed E-state index contributed by atoms with van der Waals surface area (Å²) in [7, 11) is 1.61. The number of methoxy groups -OCH3 is 1. The highest BCUT2D eigenvalue weighted by Crippen LogP contribution is 2.35. The van der Waals surface area contributed by atoms with E-state index in [4.69, 9.17) is 4.74 Å². The van der Waals surface area contributed by atoms with Gasteiger partial charge in [0.1, 0.15) is 11.3 Å². The zero-order chi connectivity index (χ0) is 18.7. The number of carboxylic acids is 1. The Labute approximate surface area is 152 Å². The Morgan fingerprint density at radius 2 is 1.96 bits per heavy atom. The van der Waals surface area contributed by atoms with Gasteiger partial charge in [-0.1, -0.05) is 6.92 Å². The van der Waals surface area contributed by atoms with Crippen LogP contribution in [-0.2, 0) is 6.42 Å². The van der Waals surface area contributed by atoms with Crippen LogP contribution < -0.4 is 15.2 Å². The lowest BCUT2D eigenvalue weighted by Crippen LogP contribution is -2.29. The molecule has 1 fully saturated rings. The van der Waals surface area contributed by atoms with Gasteiger partial charge in [-0.25, -0.2) is 4.79 Å². The minimum atomic E-state index is -1.22. The normalized spacial score (nSPS) is 14.3. The van der Waals surface area contributed by atoms with Crippen LogP contribution >= 0.6 is 0 Å². The van der Waals surface area contributed by atoms with Gasteiger partial charge in [-0.05, 0) is 49.4 Å². The quantitative estimate of drug-likeness (QED) is 0.859. The van der Waals surface area contributed by atoms with Gasteiger partial charge < -0.3 is 19.7 Å². The molecule has 1 aliphatic heterocycles. The maximum absolute atomic E-state index is 12.2. The van der Waals surface area contributed by atoms with E-state index in [9.17, 15) is 14.7 Å². The molecule has 1 aromatic heterocycles. The highest BCUT2D eigenvalue weighted by atomic mass is 16.5. The van der Waals surface area contributed by atoms with Crippen LogP contribution in [0.5, 0.6) is 5.75 Å². The second-order valence-corrected chi connectivity index (χ2v) is 6.50. The third-order valence-corrected chi connectivity index (χ3v) is 4.91. The molecule has 6 heteroatoms. The van der Waals surface area contributed by atoms with E-state index >= 15 is 0 Å². The molecular weight excluding hydrogens is 332 g/mol. The van der Waals surface area contributed by atoms with Crippen LogP contribution in [0.4, 0.5) is 5.69 Å². The van der Waals surface area contributed by atoms with E-state index in [0.29, 0.717) is 17.9 Å². The summed E-state index contributed by atoms with van der Waals surface area (Å²) in [5, 5.41) is 9.18. The molecule has 0 aliphatic carbocycles. The molecule has 0 saturated carbocycles. The summed E-state index contributed by atoms with van der Waals surface area (Å²) in [6.07, 6.45) is 4.24. The van der Waals surface area contributed by atoms with Crippen molar-refractivity contribution in [1.29, 1.82) is 0 Å². The molecule has 138 valence electrons. The molecule has 2 N–H and O–H groups in total. The molecule has 0 amide bonds. The highest BCUT2D eigenvalue weighted by molar-refractivity contribution is 5.88. The van der Waals surface area contributed by atoms with Crippen molar-refractivity contribution in [3.8, 4) is 17.0 Å². The minimum Gasteiger partial charge on any atom is -0.496 e. The Morgan fingerprint density at radius 1 is 1.23 bits per heavy atom. The van der Waals surface area contributed by atoms with Gasteiger partial charge in [0, 0.05) is 30.4 Å². The zero-order valence-electron chi connectivity index (χ0n) is 15.2. The van der Waals surface area contributed by atoms with Gasteiger partial charge >= 0.3 is 5.97 Å². The number of pyridine rings is 1. The number of H-pyrrole nitrogens is 1. The predicted molar refractivity (Wildman–Crippen MR) is 101 cm³/mol. The molecule has 0 unspecified atom stereocenters. The maximum atomic E-state index is 12.2. The second kappa shape index (κ2) is 7.64.